The summed E-state index contributed by atoms with van der Waals surface area (Å²) in [5.74, 6) is 0.759. The average molecular weight is 239 g/mol. The number of aryl methyl sites for hydroxylation is 1. The highest BCUT2D eigenvalue weighted by atomic mass is 32.1. The van der Waals surface area contributed by atoms with Crippen molar-refractivity contribution in [3.8, 4) is 0 Å². The van der Waals surface area contributed by atoms with Crippen molar-refractivity contribution in [1.29, 1.82) is 0 Å². The van der Waals surface area contributed by atoms with E-state index < -0.39 is 0 Å². The predicted molar refractivity (Wildman–Crippen MR) is 74.1 cm³/mol. The Labute approximate surface area is 104 Å². The normalized spacial score (nSPS) is 14.0. The Balaban J connectivity index is 2.44. The van der Waals surface area contributed by atoms with Gasteiger partial charge in [0.2, 0.25) is 0 Å². The van der Waals surface area contributed by atoms with Crippen LogP contribution in [0.5, 0.6) is 0 Å². The van der Waals surface area contributed by atoms with E-state index in [2.05, 4.69) is 50.5 Å². The maximum atomic E-state index is 3.49. The molecule has 1 aromatic rings. The van der Waals surface area contributed by atoms with Gasteiger partial charge in [-0.2, -0.15) is 0 Å². The highest BCUT2D eigenvalue weighted by molar-refractivity contribution is 7.09. The van der Waals surface area contributed by atoms with Gasteiger partial charge < -0.3 is 5.32 Å². The SMILES string of the molecule is CCNCC(CCc1cccs1)C(C)(C)C. The van der Waals surface area contributed by atoms with Gasteiger partial charge in [-0.25, -0.2) is 0 Å². The Morgan fingerprint density at radius 3 is 2.62 bits per heavy atom. The second-order valence-corrected chi connectivity index (χ2v) is 6.52. The number of rotatable bonds is 6. The van der Waals surface area contributed by atoms with Crippen molar-refractivity contribution in [2.45, 2.75) is 40.5 Å². The lowest BCUT2D eigenvalue weighted by Crippen LogP contribution is -2.32. The Hall–Kier alpha value is -0.340. The fourth-order valence-corrected chi connectivity index (χ4v) is 2.66. The lowest BCUT2D eigenvalue weighted by atomic mass is 9.78. The summed E-state index contributed by atoms with van der Waals surface area (Å²) in [5, 5.41) is 5.66. The van der Waals surface area contributed by atoms with Crippen molar-refractivity contribution < 1.29 is 0 Å². The zero-order valence-corrected chi connectivity index (χ0v) is 11.9. The van der Waals surface area contributed by atoms with Crippen LogP contribution in [0.15, 0.2) is 17.5 Å². The Morgan fingerprint density at radius 1 is 1.38 bits per heavy atom. The second-order valence-electron chi connectivity index (χ2n) is 5.49. The first kappa shape index (κ1) is 13.7. The minimum absolute atomic E-state index is 0.402. The van der Waals surface area contributed by atoms with Gasteiger partial charge in [0.1, 0.15) is 0 Å². The summed E-state index contributed by atoms with van der Waals surface area (Å²) in [5.41, 5.74) is 0.402. The highest BCUT2D eigenvalue weighted by Gasteiger charge is 2.23. The van der Waals surface area contributed by atoms with E-state index in [4.69, 9.17) is 0 Å². The van der Waals surface area contributed by atoms with E-state index >= 15 is 0 Å². The molecule has 0 saturated carbocycles. The van der Waals surface area contributed by atoms with Gasteiger partial charge in [-0.05, 0) is 48.7 Å². The maximum absolute atomic E-state index is 3.49. The summed E-state index contributed by atoms with van der Waals surface area (Å²) in [7, 11) is 0. The van der Waals surface area contributed by atoms with E-state index in [1.807, 2.05) is 11.3 Å². The van der Waals surface area contributed by atoms with Crippen molar-refractivity contribution in [1.82, 2.24) is 5.32 Å². The van der Waals surface area contributed by atoms with E-state index in [1.165, 1.54) is 17.7 Å². The molecule has 0 aliphatic heterocycles. The van der Waals surface area contributed by atoms with Crippen LogP contribution in [-0.2, 0) is 6.42 Å². The molecule has 1 N–H and O–H groups in total. The molecule has 0 aromatic carbocycles. The smallest absolute Gasteiger partial charge is 0.00453 e. The molecule has 0 bridgehead atoms. The van der Waals surface area contributed by atoms with Crippen LogP contribution in [-0.4, -0.2) is 13.1 Å². The van der Waals surface area contributed by atoms with Crippen LogP contribution in [0.1, 0.15) is 39.0 Å². The van der Waals surface area contributed by atoms with Gasteiger partial charge in [0.15, 0.2) is 0 Å². The molecule has 0 fully saturated rings. The summed E-state index contributed by atoms with van der Waals surface area (Å²) in [6.45, 7) is 11.5. The largest absolute Gasteiger partial charge is 0.317 e. The summed E-state index contributed by atoms with van der Waals surface area (Å²) in [6, 6.07) is 4.40. The number of thiophene rings is 1. The molecule has 16 heavy (non-hydrogen) atoms. The monoisotopic (exact) mass is 239 g/mol. The topological polar surface area (TPSA) is 12.0 Å². The van der Waals surface area contributed by atoms with Gasteiger partial charge in [-0.3, -0.25) is 0 Å². The molecule has 1 unspecified atom stereocenters. The molecule has 2 heteroatoms. The van der Waals surface area contributed by atoms with Gasteiger partial charge in [-0.1, -0.05) is 33.8 Å². The van der Waals surface area contributed by atoms with Crippen molar-refractivity contribution in [2.24, 2.45) is 11.3 Å². The summed E-state index contributed by atoms with van der Waals surface area (Å²) in [6.07, 6.45) is 2.52. The van der Waals surface area contributed by atoms with Crippen molar-refractivity contribution >= 4 is 11.3 Å². The lowest BCUT2D eigenvalue weighted by Gasteiger charge is -2.31. The molecule has 0 aliphatic carbocycles. The van der Waals surface area contributed by atoms with Crippen LogP contribution in [0, 0.1) is 11.3 Å². The van der Waals surface area contributed by atoms with Gasteiger partial charge in [0.25, 0.3) is 0 Å². The van der Waals surface area contributed by atoms with Crippen LogP contribution in [0.2, 0.25) is 0 Å². The Morgan fingerprint density at radius 2 is 2.12 bits per heavy atom. The molecule has 0 radical (unpaired) electrons. The summed E-state index contributed by atoms with van der Waals surface area (Å²) in [4.78, 5) is 1.52. The van der Waals surface area contributed by atoms with Gasteiger partial charge in [-0.15, -0.1) is 11.3 Å². The predicted octanol–water partition coefficient (Wildman–Crippen LogP) is 3.95. The van der Waals surface area contributed by atoms with Crippen LogP contribution in [0.3, 0.4) is 0 Å². The number of nitrogens with one attached hydrogen (secondary N) is 1. The third-order valence-corrected chi connectivity index (χ3v) is 4.12. The van der Waals surface area contributed by atoms with Crippen LogP contribution < -0.4 is 5.32 Å². The Kier molecular flexibility index (Phi) is 5.50. The van der Waals surface area contributed by atoms with E-state index in [0.717, 1.165) is 19.0 Å². The molecule has 0 spiro atoms. The van der Waals surface area contributed by atoms with E-state index in [0.29, 0.717) is 5.41 Å². The first-order valence-electron chi connectivity index (χ1n) is 6.27. The molecular weight excluding hydrogens is 214 g/mol. The van der Waals surface area contributed by atoms with Gasteiger partial charge >= 0.3 is 0 Å². The van der Waals surface area contributed by atoms with Gasteiger partial charge in [0.05, 0.1) is 0 Å². The fourth-order valence-electron chi connectivity index (χ4n) is 1.93. The minimum Gasteiger partial charge on any atom is -0.317 e. The minimum atomic E-state index is 0.402. The molecule has 0 amide bonds. The third kappa shape index (κ3) is 4.67. The molecule has 0 aliphatic rings. The molecule has 1 aromatic heterocycles. The highest BCUT2D eigenvalue weighted by Crippen LogP contribution is 2.29. The number of hydrogen-bond donors (Lipinski definition) is 1. The van der Waals surface area contributed by atoms with Crippen molar-refractivity contribution in [2.75, 3.05) is 13.1 Å². The molecule has 1 nitrogen and oxygen atoms in total. The summed E-state index contributed by atoms with van der Waals surface area (Å²) >= 11 is 1.88. The van der Waals surface area contributed by atoms with Crippen molar-refractivity contribution in [3.05, 3.63) is 22.4 Å². The van der Waals surface area contributed by atoms with E-state index in [-0.39, 0.29) is 0 Å². The average Bonchev–Trinajstić information content (AvgIpc) is 2.68. The number of hydrogen-bond acceptors (Lipinski definition) is 2. The van der Waals surface area contributed by atoms with Crippen LogP contribution in [0.25, 0.3) is 0 Å². The van der Waals surface area contributed by atoms with Crippen LogP contribution in [0.4, 0.5) is 0 Å². The quantitative estimate of drug-likeness (QED) is 0.792. The first-order chi connectivity index (χ1) is 7.54. The third-order valence-electron chi connectivity index (χ3n) is 3.18. The Bertz CT molecular complexity index is 271. The standard InChI is InChI=1S/C14H25NS/c1-5-15-11-12(14(2,3)4)8-9-13-7-6-10-16-13/h6-7,10,12,15H,5,8-9,11H2,1-4H3. The molecule has 1 atom stereocenters. The van der Waals surface area contributed by atoms with E-state index in [9.17, 15) is 0 Å². The van der Waals surface area contributed by atoms with E-state index in [1.54, 1.807) is 0 Å². The molecule has 0 saturated heterocycles. The van der Waals surface area contributed by atoms with Crippen LogP contribution >= 0.6 is 11.3 Å². The van der Waals surface area contributed by atoms with Gasteiger partial charge in [0, 0.05) is 4.88 Å². The molecule has 1 heterocycles. The molecule has 1 rings (SSSR count). The maximum Gasteiger partial charge on any atom is 0.00453 e. The zero-order valence-electron chi connectivity index (χ0n) is 11.0. The second kappa shape index (κ2) is 6.41. The summed E-state index contributed by atoms with van der Waals surface area (Å²) < 4.78 is 0. The lowest BCUT2D eigenvalue weighted by molar-refractivity contribution is 0.220. The van der Waals surface area contributed by atoms with Crippen molar-refractivity contribution in [3.63, 3.8) is 0 Å². The zero-order chi connectivity index (χ0) is 12.0. The molecular formula is C14H25NS. The molecule has 92 valence electrons. The fraction of sp³-hybridized carbons (Fsp3) is 0.714. The first-order valence-corrected chi connectivity index (χ1v) is 7.15.